The molecule has 1 aliphatic heterocycles. The highest BCUT2D eigenvalue weighted by Crippen LogP contribution is 2.36. The van der Waals surface area contributed by atoms with Crippen LogP contribution in [0.15, 0.2) is 42.7 Å². The van der Waals surface area contributed by atoms with Gasteiger partial charge in [-0.15, -0.1) is 0 Å². The molecule has 0 bridgehead atoms. The number of benzene rings is 1. The van der Waals surface area contributed by atoms with Gasteiger partial charge in [0.1, 0.15) is 0 Å². The minimum absolute atomic E-state index is 0.0258. The topological polar surface area (TPSA) is 71.1 Å². The van der Waals surface area contributed by atoms with E-state index in [0.29, 0.717) is 17.1 Å². The Morgan fingerprint density at radius 1 is 1.16 bits per heavy atom. The van der Waals surface area contributed by atoms with Crippen molar-refractivity contribution in [3.05, 3.63) is 59.4 Å². The maximum absolute atomic E-state index is 12.7. The summed E-state index contributed by atoms with van der Waals surface area (Å²) >= 11 is 0. The lowest BCUT2D eigenvalue weighted by atomic mass is 9.98. The van der Waals surface area contributed by atoms with Crippen molar-refractivity contribution in [3.8, 4) is 0 Å². The van der Waals surface area contributed by atoms with E-state index in [1.54, 1.807) is 30.6 Å². The van der Waals surface area contributed by atoms with Crippen LogP contribution in [-0.4, -0.2) is 23.2 Å². The zero-order chi connectivity index (χ0) is 18.0. The highest BCUT2D eigenvalue weighted by Gasteiger charge is 2.29. The van der Waals surface area contributed by atoms with Crippen LogP contribution in [0.5, 0.6) is 0 Å². The van der Waals surface area contributed by atoms with Gasteiger partial charge in [0.15, 0.2) is 5.78 Å². The van der Waals surface area contributed by atoms with Crippen molar-refractivity contribution < 1.29 is 9.59 Å². The fraction of sp³-hybridized carbons (Fsp3) is 0.250. The number of fused-ring (bicyclic) bond motifs is 1. The summed E-state index contributed by atoms with van der Waals surface area (Å²) in [5, 5.41) is 6.29. The monoisotopic (exact) mass is 335 g/mol. The van der Waals surface area contributed by atoms with E-state index >= 15 is 0 Å². The maximum atomic E-state index is 12.7. The zero-order valence-electron chi connectivity index (χ0n) is 14.6. The molecule has 128 valence electrons. The molecule has 0 saturated heterocycles. The molecule has 0 radical (unpaired) electrons. The van der Waals surface area contributed by atoms with E-state index < -0.39 is 0 Å². The third-order valence-corrected chi connectivity index (χ3v) is 4.08. The van der Waals surface area contributed by atoms with Gasteiger partial charge in [-0.05, 0) is 43.2 Å². The molecule has 25 heavy (non-hydrogen) atoms. The van der Waals surface area contributed by atoms with Crippen LogP contribution in [0, 0.1) is 5.92 Å². The minimum Gasteiger partial charge on any atom is -0.384 e. The van der Waals surface area contributed by atoms with Gasteiger partial charge in [-0.2, -0.15) is 0 Å². The number of carbonyl (C=O) groups is 2. The Balaban J connectivity index is 2.18. The zero-order valence-corrected chi connectivity index (χ0v) is 14.6. The third-order valence-electron chi connectivity index (χ3n) is 4.08. The number of amides is 1. The van der Waals surface area contributed by atoms with Gasteiger partial charge in [-0.25, -0.2) is 0 Å². The number of pyridine rings is 1. The summed E-state index contributed by atoms with van der Waals surface area (Å²) in [6.45, 7) is 6.48. The summed E-state index contributed by atoms with van der Waals surface area (Å²) < 4.78 is 0. The van der Waals surface area contributed by atoms with Crippen LogP contribution >= 0.6 is 0 Å². The lowest BCUT2D eigenvalue weighted by Crippen LogP contribution is -2.21. The number of aromatic nitrogens is 1. The predicted octanol–water partition coefficient (Wildman–Crippen LogP) is 3.35. The van der Waals surface area contributed by atoms with Crippen molar-refractivity contribution in [2.24, 2.45) is 5.92 Å². The number of anilines is 1. The number of ketones is 1. The van der Waals surface area contributed by atoms with Gasteiger partial charge in [0.2, 0.25) is 0 Å². The van der Waals surface area contributed by atoms with Gasteiger partial charge in [0, 0.05) is 41.3 Å². The molecule has 0 fully saturated rings. The molecular formula is C20H21N3O2. The maximum Gasteiger partial charge on any atom is 0.258 e. The molecule has 2 N–H and O–H groups in total. The molecule has 2 heterocycles. The van der Waals surface area contributed by atoms with Crippen molar-refractivity contribution >= 4 is 28.6 Å². The Morgan fingerprint density at radius 2 is 1.88 bits per heavy atom. The molecule has 1 amide bonds. The van der Waals surface area contributed by atoms with Crippen molar-refractivity contribution in [1.82, 2.24) is 10.3 Å². The first-order chi connectivity index (χ1) is 12.0. The average Bonchev–Trinajstić information content (AvgIpc) is 2.91. The Hall–Kier alpha value is -2.95. The van der Waals surface area contributed by atoms with Crippen LogP contribution in [0.3, 0.4) is 0 Å². The Kier molecular flexibility index (Phi) is 4.65. The summed E-state index contributed by atoms with van der Waals surface area (Å²) in [6, 6.07) is 9.04. The van der Waals surface area contributed by atoms with Gasteiger partial charge in [0.05, 0.1) is 11.3 Å². The Morgan fingerprint density at radius 3 is 2.52 bits per heavy atom. The van der Waals surface area contributed by atoms with E-state index in [2.05, 4.69) is 29.5 Å². The molecule has 0 atom stereocenters. The number of Topliss-reactive ketones (excluding diaryl/α,β-unsaturated/α-hetero) is 1. The first kappa shape index (κ1) is 16.9. The summed E-state index contributed by atoms with van der Waals surface area (Å²) in [5.41, 5.74) is 4.27. The van der Waals surface area contributed by atoms with E-state index in [1.165, 1.54) is 6.92 Å². The van der Waals surface area contributed by atoms with Crippen LogP contribution < -0.4 is 10.6 Å². The van der Waals surface area contributed by atoms with Crippen LogP contribution in [0.4, 0.5) is 5.69 Å². The van der Waals surface area contributed by atoms with Gasteiger partial charge < -0.3 is 10.6 Å². The van der Waals surface area contributed by atoms with Gasteiger partial charge in [-0.1, -0.05) is 13.8 Å². The predicted molar refractivity (Wildman–Crippen MR) is 99.0 cm³/mol. The number of hydrogen-bond donors (Lipinski definition) is 2. The third kappa shape index (κ3) is 3.45. The molecule has 5 heteroatoms. The summed E-state index contributed by atoms with van der Waals surface area (Å²) in [7, 11) is 0. The summed E-state index contributed by atoms with van der Waals surface area (Å²) in [5.74, 6) is 0.228. The molecule has 1 aromatic carbocycles. The molecule has 0 unspecified atom stereocenters. The molecular weight excluding hydrogens is 314 g/mol. The van der Waals surface area contributed by atoms with Crippen LogP contribution in [0.25, 0.3) is 11.3 Å². The highest BCUT2D eigenvalue weighted by molar-refractivity contribution is 6.36. The van der Waals surface area contributed by atoms with Crippen LogP contribution in [0.2, 0.25) is 0 Å². The van der Waals surface area contributed by atoms with Gasteiger partial charge in [0.25, 0.3) is 5.91 Å². The van der Waals surface area contributed by atoms with E-state index in [0.717, 1.165) is 29.1 Å². The number of hydrogen-bond acceptors (Lipinski definition) is 4. The molecule has 0 spiro atoms. The number of carbonyl (C=O) groups excluding carboxylic acids is 2. The molecule has 1 aromatic heterocycles. The number of rotatable bonds is 5. The minimum atomic E-state index is -0.168. The highest BCUT2D eigenvalue weighted by atomic mass is 16.2. The Bertz CT molecular complexity index is 854. The molecule has 2 aromatic rings. The Labute approximate surface area is 147 Å². The fourth-order valence-corrected chi connectivity index (χ4v) is 2.79. The normalized spacial score (nSPS) is 15.0. The van der Waals surface area contributed by atoms with Crippen molar-refractivity contribution in [1.29, 1.82) is 0 Å². The number of nitrogens with one attached hydrogen (secondary N) is 2. The first-order valence-corrected chi connectivity index (χ1v) is 8.32. The largest absolute Gasteiger partial charge is 0.384 e. The summed E-state index contributed by atoms with van der Waals surface area (Å²) in [4.78, 5) is 28.5. The lowest BCUT2D eigenvalue weighted by molar-refractivity contribution is -0.110. The van der Waals surface area contributed by atoms with Gasteiger partial charge in [-0.3, -0.25) is 14.6 Å². The SMILES string of the molecule is CC(=O)c1ccc2c(c1)C(=C(NCC(C)C)c1ccncc1)C(=O)N2. The quantitative estimate of drug-likeness (QED) is 0.649. The standard InChI is InChI=1S/C20H21N3O2/c1-12(2)11-22-19(14-6-8-21-9-7-14)18-16-10-15(13(3)24)4-5-17(16)23-20(18)25/h4-10,12,22H,11H2,1-3H3,(H,23,25). The van der Waals surface area contributed by atoms with Gasteiger partial charge >= 0.3 is 0 Å². The fourth-order valence-electron chi connectivity index (χ4n) is 2.79. The summed E-state index contributed by atoms with van der Waals surface area (Å²) in [6.07, 6.45) is 3.40. The van der Waals surface area contributed by atoms with E-state index in [4.69, 9.17) is 0 Å². The molecule has 0 saturated carbocycles. The van der Waals surface area contributed by atoms with Crippen molar-refractivity contribution in [2.75, 3.05) is 11.9 Å². The second-order valence-electron chi connectivity index (χ2n) is 6.53. The van der Waals surface area contributed by atoms with Crippen LogP contribution in [-0.2, 0) is 4.79 Å². The van der Waals surface area contributed by atoms with E-state index in [1.807, 2.05) is 12.1 Å². The van der Waals surface area contributed by atoms with Crippen molar-refractivity contribution in [3.63, 3.8) is 0 Å². The molecule has 3 rings (SSSR count). The lowest BCUT2D eigenvalue weighted by Gasteiger charge is -2.16. The van der Waals surface area contributed by atoms with E-state index in [9.17, 15) is 9.59 Å². The first-order valence-electron chi connectivity index (χ1n) is 8.32. The second-order valence-corrected chi connectivity index (χ2v) is 6.53. The van der Waals surface area contributed by atoms with Crippen LogP contribution in [0.1, 0.15) is 42.3 Å². The molecule has 5 nitrogen and oxygen atoms in total. The average molecular weight is 335 g/mol. The smallest absolute Gasteiger partial charge is 0.258 e. The number of nitrogens with zero attached hydrogens (tertiary/aromatic N) is 1. The van der Waals surface area contributed by atoms with Crippen molar-refractivity contribution in [2.45, 2.75) is 20.8 Å². The molecule has 0 aliphatic carbocycles. The second kappa shape index (κ2) is 6.89. The molecule has 1 aliphatic rings. The van der Waals surface area contributed by atoms with E-state index in [-0.39, 0.29) is 11.7 Å².